The van der Waals surface area contributed by atoms with Crippen LogP contribution in [0.2, 0.25) is 10.0 Å². The van der Waals surface area contributed by atoms with Gasteiger partial charge in [0.15, 0.2) is 5.75 Å². The SMILES string of the molecule is O=C(c1nc(-c2cc(Cl)c(O)c(Cl)c2)no1)N1CCN(c2cccc(C(F)(F)F)c2)CC1. The number of aromatic nitrogens is 2. The fourth-order valence-electron chi connectivity index (χ4n) is 3.30. The molecule has 1 aliphatic heterocycles. The Morgan fingerprint density at radius 3 is 2.34 bits per heavy atom. The van der Waals surface area contributed by atoms with Crippen LogP contribution < -0.4 is 4.90 Å². The molecular formula is C20H15Cl2F3N4O3. The van der Waals surface area contributed by atoms with Crippen molar-refractivity contribution in [2.24, 2.45) is 0 Å². The molecule has 1 amide bonds. The first-order valence-electron chi connectivity index (χ1n) is 9.37. The molecule has 0 radical (unpaired) electrons. The van der Waals surface area contributed by atoms with Crippen LogP contribution in [0.3, 0.4) is 0 Å². The summed E-state index contributed by atoms with van der Waals surface area (Å²) in [5.41, 5.74) is 0.0735. The van der Waals surface area contributed by atoms with E-state index in [1.54, 1.807) is 11.0 Å². The summed E-state index contributed by atoms with van der Waals surface area (Å²) in [5, 5.41) is 13.4. The van der Waals surface area contributed by atoms with Crippen molar-refractivity contribution >= 4 is 34.8 Å². The highest BCUT2D eigenvalue weighted by Crippen LogP contribution is 2.36. The first kappa shape index (κ1) is 22.2. The number of amides is 1. The number of nitrogens with zero attached hydrogens (tertiary/aromatic N) is 4. The van der Waals surface area contributed by atoms with E-state index in [9.17, 15) is 23.1 Å². The summed E-state index contributed by atoms with van der Waals surface area (Å²) in [6.45, 7) is 1.22. The van der Waals surface area contributed by atoms with E-state index in [-0.39, 0.29) is 40.6 Å². The average Bonchev–Trinajstić information content (AvgIpc) is 3.26. The Hall–Kier alpha value is -2.98. The number of hydrogen-bond acceptors (Lipinski definition) is 6. The number of alkyl halides is 3. The van der Waals surface area contributed by atoms with Crippen LogP contribution in [0.1, 0.15) is 16.2 Å². The Labute approximate surface area is 189 Å². The van der Waals surface area contributed by atoms with Crippen LogP contribution in [0.15, 0.2) is 40.9 Å². The fourth-order valence-corrected chi connectivity index (χ4v) is 3.79. The predicted octanol–water partition coefficient (Wildman–Crippen LogP) is 4.73. The molecule has 0 bridgehead atoms. The zero-order valence-electron chi connectivity index (χ0n) is 16.2. The largest absolute Gasteiger partial charge is 0.505 e. The molecular weight excluding hydrogens is 472 g/mol. The van der Waals surface area contributed by atoms with Gasteiger partial charge in [-0.05, 0) is 30.3 Å². The van der Waals surface area contributed by atoms with Gasteiger partial charge in [0, 0.05) is 37.4 Å². The number of phenols is 1. The molecule has 2 heterocycles. The van der Waals surface area contributed by atoms with Gasteiger partial charge in [0.25, 0.3) is 0 Å². The number of carbonyl (C=O) groups excluding carboxylic acids is 1. The van der Waals surface area contributed by atoms with Gasteiger partial charge in [-0.2, -0.15) is 18.2 Å². The van der Waals surface area contributed by atoms with Crippen LogP contribution in [0.5, 0.6) is 5.75 Å². The number of benzene rings is 2. The predicted molar refractivity (Wildman–Crippen MR) is 111 cm³/mol. The minimum atomic E-state index is -4.42. The van der Waals surface area contributed by atoms with Crippen LogP contribution >= 0.6 is 23.2 Å². The average molecular weight is 487 g/mol. The molecule has 7 nitrogen and oxygen atoms in total. The summed E-state index contributed by atoms with van der Waals surface area (Å²) >= 11 is 11.8. The maximum Gasteiger partial charge on any atom is 0.416 e. The Kier molecular flexibility index (Phi) is 5.91. The second-order valence-electron chi connectivity index (χ2n) is 7.04. The summed E-state index contributed by atoms with van der Waals surface area (Å²) < 4.78 is 43.9. The quantitative estimate of drug-likeness (QED) is 0.576. The van der Waals surface area contributed by atoms with Crippen molar-refractivity contribution < 1.29 is 27.6 Å². The fraction of sp³-hybridized carbons (Fsp3) is 0.250. The van der Waals surface area contributed by atoms with Crippen LogP contribution in [0, 0.1) is 0 Å². The van der Waals surface area contributed by atoms with Crippen LogP contribution in [-0.4, -0.2) is 52.2 Å². The standard InChI is InChI=1S/C20H15Cl2F3N4O3/c21-14-8-11(9-15(22)16(14)30)17-26-18(32-27-17)19(31)29-6-4-28(5-7-29)13-3-1-2-12(10-13)20(23,24)25/h1-3,8-10,30H,4-7H2. The molecule has 0 spiro atoms. The molecule has 0 atom stereocenters. The van der Waals surface area contributed by atoms with Gasteiger partial charge in [-0.25, -0.2) is 0 Å². The lowest BCUT2D eigenvalue weighted by atomic mass is 10.1. The third-order valence-corrected chi connectivity index (χ3v) is 5.57. The van der Waals surface area contributed by atoms with Gasteiger partial charge in [-0.3, -0.25) is 4.79 Å². The Bertz CT molecular complexity index is 1140. The van der Waals surface area contributed by atoms with E-state index in [4.69, 9.17) is 27.7 Å². The summed E-state index contributed by atoms with van der Waals surface area (Å²) in [7, 11) is 0. The number of anilines is 1. The number of halogens is 5. The Morgan fingerprint density at radius 2 is 1.72 bits per heavy atom. The van der Waals surface area contributed by atoms with Gasteiger partial charge < -0.3 is 19.4 Å². The normalized spacial score (nSPS) is 14.7. The van der Waals surface area contributed by atoms with E-state index in [1.807, 2.05) is 0 Å². The topological polar surface area (TPSA) is 82.7 Å². The maximum absolute atomic E-state index is 13.0. The van der Waals surface area contributed by atoms with Crippen molar-refractivity contribution in [3.8, 4) is 17.1 Å². The summed E-state index contributed by atoms with van der Waals surface area (Å²) in [4.78, 5) is 20.1. The molecule has 1 aromatic heterocycles. The lowest BCUT2D eigenvalue weighted by Crippen LogP contribution is -2.49. The summed E-state index contributed by atoms with van der Waals surface area (Å²) in [5.74, 6) is -0.952. The molecule has 1 fully saturated rings. The van der Waals surface area contributed by atoms with Gasteiger partial charge in [0.05, 0.1) is 15.6 Å². The first-order valence-corrected chi connectivity index (χ1v) is 10.1. The number of piperazine rings is 1. The smallest absolute Gasteiger partial charge is 0.416 e. The van der Waals surface area contributed by atoms with Gasteiger partial charge in [-0.15, -0.1) is 0 Å². The molecule has 32 heavy (non-hydrogen) atoms. The number of rotatable bonds is 3. The van der Waals surface area contributed by atoms with Crippen LogP contribution in [0.4, 0.5) is 18.9 Å². The number of hydrogen-bond donors (Lipinski definition) is 1. The van der Waals surface area contributed by atoms with Crippen molar-refractivity contribution in [2.75, 3.05) is 31.1 Å². The zero-order chi connectivity index (χ0) is 23.0. The summed E-state index contributed by atoms with van der Waals surface area (Å²) in [6, 6.07) is 7.84. The third kappa shape index (κ3) is 4.46. The molecule has 0 aliphatic carbocycles. The molecule has 4 rings (SSSR count). The molecule has 1 N–H and O–H groups in total. The van der Waals surface area contributed by atoms with Crippen molar-refractivity contribution in [3.05, 3.63) is 57.9 Å². The Balaban J connectivity index is 1.44. The Morgan fingerprint density at radius 1 is 1.06 bits per heavy atom. The highest BCUT2D eigenvalue weighted by molar-refractivity contribution is 6.37. The minimum Gasteiger partial charge on any atom is -0.505 e. The third-order valence-electron chi connectivity index (χ3n) is 4.99. The molecule has 1 aliphatic rings. The van der Waals surface area contributed by atoms with E-state index in [0.717, 1.165) is 12.1 Å². The van der Waals surface area contributed by atoms with E-state index in [2.05, 4.69) is 10.1 Å². The number of aromatic hydroxyl groups is 1. The molecule has 168 valence electrons. The van der Waals surface area contributed by atoms with E-state index < -0.39 is 17.6 Å². The van der Waals surface area contributed by atoms with Crippen LogP contribution in [-0.2, 0) is 6.18 Å². The summed E-state index contributed by atoms with van der Waals surface area (Å²) in [6.07, 6.45) is -4.42. The minimum absolute atomic E-state index is 0.00380. The highest BCUT2D eigenvalue weighted by atomic mass is 35.5. The molecule has 3 aromatic rings. The molecule has 0 unspecified atom stereocenters. The van der Waals surface area contributed by atoms with Crippen molar-refractivity contribution in [1.82, 2.24) is 15.0 Å². The highest BCUT2D eigenvalue weighted by Gasteiger charge is 2.32. The van der Waals surface area contributed by atoms with Crippen LogP contribution in [0.25, 0.3) is 11.4 Å². The maximum atomic E-state index is 13.0. The molecule has 2 aromatic carbocycles. The lowest BCUT2D eigenvalue weighted by molar-refractivity contribution is -0.137. The van der Waals surface area contributed by atoms with Gasteiger partial charge in [-0.1, -0.05) is 34.4 Å². The van der Waals surface area contributed by atoms with E-state index in [0.29, 0.717) is 24.3 Å². The van der Waals surface area contributed by atoms with Crippen molar-refractivity contribution in [1.29, 1.82) is 0 Å². The molecule has 12 heteroatoms. The zero-order valence-corrected chi connectivity index (χ0v) is 17.7. The van der Waals surface area contributed by atoms with E-state index >= 15 is 0 Å². The van der Waals surface area contributed by atoms with Crippen molar-refractivity contribution in [2.45, 2.75) is 6.18 Å². The first-order chi connectivity index (χ1) is 15.1. The van der Waals surface area contributed by atoms with Crippen molar-refractivity contribution in [3.63, 3.8) is 0 Å². The van der Waals surface area contributed by atoms with Gasteiger partial charge in [0.2, 0.25) is 5.82 Å². The molecule has 0 saturated carbocycles. The van der Waals surface area contributed by atoms with Gasteiger partial charge in [0.1, 0.15) is 0 Å². The number of carbonyl (C=O) groups is 1. The lowest BCUT2D eigenvalue weighted by Gasteiger charge is -2.35. The monoisotopic (exact) mass is 486 g/mol. The van der Waals surface area contributed by atoms with Gasteiger partial charge >= 0.3 is 18.0 Å². The van der Waals surface area contributed by atoms with E-state index in [1.165, 1.54) is 23.1 Å². The second kappa shape index (κ2) is 8.51. The number of phenolic OH excluding ortho intramolecular Hbond substituents is 1. The second-order valence-corrected chi connectivity index (χ2v) is 7.85. The molecule has 1 saturated heterocycles.